The number of hydrogen-bond acceptors (Lipinski definition) is 14. The van der Waals surface area contributed by atoms with E-state index in [4.69, 9.17) is 54.2 Å². The number of nitro benzene ring substituents is 1. The van der Waals surface area contributed by atoms with Gasteiger partial charge in [0.15, 0.2) is 25.7 Å². The standard InChI is InChI=1S/C57H67N6O10PS2Si/c1-37(2)39-28-30-56(6)47(34-39)71-74(75,76-56)72-50-49(73-77(9,10)55(3,4)5)46(35-69-57(40-14-12-11-13-15-40,41-18-24-44(67-7)25-19-41)42-20-26-45(68-8)27-21-42)70-53(50)62-36-58-48-51(62)59-54-60(32-33-61(54)52(48)64)31-29-38-16-22-43(23-17-38)63(65)66/h11-27,32-33,36,39,46-47,49-50,53H,1,28-31,34-35H2,2-10H3/t39-,46+,47+,49+,50+,53+,56+,74?/m0/s1. The van der Waals surface area contributed by atoms with Crippen LogP contribution in [0, 0.1) is 16.0 Å². The Bertz CT molecular complexity index is 3360. The minimum absolute atomic E-state index is 0.00143. The van der Waals surface area contributed by atoms with Gasteiger partial charge in [-0.25, -0.2) is 9.38 Å². The molecule has 8 atom stereocenters. The topological polar surface area (TPSA) is 165 Å². The van der Waals surface area contributed by atoms with E-state index >= 15 is 0 Å². The summed E-state index contributed by atoms with van der Waals surface area (Å²) in [6, 6.07) is 32.4. The summed E-state index contributed by atoms with van der Waals surface area (Å²) in [5, 5.41) is 11.1. The van der Waals surface area contributed by atoms with Crippen LogP contribution in [0.3, 0.4) is 0 Å². The van der Waals surface area contributed by atoms with Crippen molar-refractivity contribution in [2.45, 2.75) is 126 Å². The minimum atomic E-state index is -3.17. The Morgan fingerprint density at radius 2 is 1.58 bits per heavy atom. The molecule has 10 rings (SSSR count). The third-order valence-electron chi connectivity index (χ3n) is 16.2. The van der Waals surface area contributed by atoms with Gasteiger partial charge in [0.05, 0.1) is 38.2 Å². The zero-order chi connectivity index (χ0) is 54.7. The first-order valence-corrected chi connectivity index (χ1v) is 32.9. The van der Waals surface area contributed by atoms with Crippen molar-refractivity contribution in [3.8, 4) is 11.5 Å². The normalized spacial score (nSPS) is 24.8. The van der Waals surface area contributed by atoms with Crippen molar-refractivity contribution in [3.63, 3.8) is 0 Å². The molecule has 2 aliphatic heterocycles. The van der Waals surface area contributed by atoms with E-state index < -0.39 is 49.1 Å². The van der Waals surface area contributed by atoms with Crippen LogP contribution in [0.1, 0.15) is 82.4 Å². The predicted octanol–water partition coefficient (Wildman–Crippen LogP) is 12.2. The first-order valence-electron chi connectivity index (χ1n) is 26.0. The van der Waals surface area contributed by atoms with Crippen LogP contribution < -0.4 is 15.0 Å². The molecule has 2 saturated heterocycles. The van der Waals surface area contributed by atoms with Gasteiger partial charge in [-0.15, -0.1) is 0 Å². The molecule has 20 heteroatoms. The maximum Gasteiger partial charge on any atom is 0.287 e. The Morgan fingerprint density at radius 1 is 0.948 bits per heavy atom. The average Bonchev–Trinajstić information content (AvgIpc) is 4.22. The summed E-state index contributed by atoms with van der Waals surface area (Å²) < 4.78 is 53.4. The summed E-state index contributed by atoms with van der Waals surface area (Å²) in [7, 11) is 0.591. The van der Waals surface area contributed by atoms with Gasteiger partial charge in [-0.2, -0.15) is 4.98 Å². The van der Waals surface area contributed by atoms with Crippen LogP contribution in [-0.2, 0) is 53.3 Å². The Labute approximate surface area is 459 Å². The van der Waals surface area contributed by atoms with Gasteiger partial charge >= 0.3 is 0 Å². The van der Waals surface area contributed by atoms with Gasteiger partial charge in [-0.3, -0.25) is 19.5 Å². The number of non-ortho nitro benzene ring substituents is 1. The SMILES string of the molecule is C=C(C)[C@H]1CC[C@@]2(C)SP(=S)(O[C@@H]3[C@H](O[Si](C)(C)C(C)(C)C)[C@@H](COC(c4ccccc4)(c4ccc(OC)cc4)c4ccc(OC)cc4)O[C@H]3n3cnc4c(=O)n5ccn(CCc6ccc([N+](=O)[O-])cc6)c5nc43)O[C@@H]2C1. The summed E-state index contributed by atoms with van der Waals surface area (Å²) in [6.07, 6.45) is 4.64. The maximum atomic E-state index is 14.5. The number of aromatic nitrogens is 5. The van der Waals surface area contributed by atoms with Crippen LogP contribution in [0.4, 0.5) is 5.69 Å². The fraction of sp³-hybridized carbons (Fsp3) is 0.421. The lowest BCUT2D eigenvalue weighted by Crippen LogP contribution is -2.50. The van der Waals surface area contributed by atoms with Crippen LogP contribution in [-0.4, -0.2) is 86.7 Å². The summed E-state index contributed by atoms with van der Waals surface area (Å²) in [5.74, 6) is 2.08. The van der Waals surface area contributed by atoms with Gasteiger partial charge in [-0.05, 0) is 122 Å². The molecular weight excluding hydrogens is 1050 g/mol. The molecular formula is C57H67N6O10PS2Si. The number of allylic oxidation sites excluding steroid dienone is 1. The van der Waals surface area contributed by atoms with E-state index in [0.29, 0.717) is 36.2 Å². The van der Waals surface area contributed by atoms with Crippen molar-refractivity contribution in [1.82, 2.24) is 23.5 Å². The first kappa shape index (κ1) is 54.9. The number of benzene rings is 4. The van der Waals surface area contributed by atoms with Crippen molar-refractivity contribution in [3.05, 3.63) is 177 Å². The molecule has 0 spiro atoms. The van der Waals surface area contributed by atoms with E-state index in [0.717, 1.165) is 47.1 Å². The molecule has 5 heterocycles. The minimum Gasteiger partial charge on any atom is -0.497 e. The van der Waals surface area contributed by atoms with Crippen molar-refractivity contribution >= 4 is 59.8 Å². The monoisotopic (exact) mass is 1120 g/mol. The number of rotatable bonds is 18. The number of methoxy groups -OCH3 is 2. The van der Waals surface area contributed by atoms with Crippen LogP contribution in [0.5, 0.6) is 11.5 Å². The third kappa shape index (κ3) is 10.5. The molecule has 7 aromatic rings. The molecule has 0 amide bonds. The Morgan fingerprint density at radius 3 is 2.18 bits per heavy atom. The van der Waals surface area contributed by atoms with Gasteiger partial charge in [0.2, 0.25) is 11.5 Å². The number of ether oxygens (including phenoxy) is 4. The van der Waals surface area contributed by atoms with Crippen molar-refractivity contribution in [2.24, 2.45) is 5.92 Å². The molecule has 4 aromatic carbocycles. The highest BCUT2D eigenvalue weighted by atomic mass is 32.9. The highest BCUT2D eigenvalue weighted by Crippen LogP contribution is 2.76. The van der Waals surface area contributed by atoms with Crippen molar-refractivity contribution in [2.75, 3.05) is 20.8 Å². The fourth-order valence-corrected chi connectivity index (χ4v) is 19.4. The molecule has 406 valence electrons. The number of imidazole rings is 2. The van der Waals surface area contributed by atoms with Crippen LogP contribution in [0.2, 0.25) is 18.1 Å². The zero-order valence-corrected chi connectivity index (χ0v) is 48.5. The number of nitro groups is 1. The Hall–Kier alpha value is -5.47. The number of fused-ring (bicyclic) bond motifs is 3. The summed E-state index contributed by atoms with van der Waals surface area (Å²) >= 11 is 8.27. The van der Waals surface area contributed by atoms with Crippen molar-refractivity contribution in [1.29, 1.82) is 0 Å². The van der Waals surface area contributed by atoms with Crippen LogP contribution >= 0.6 is 17.1 Å². The highest BCUT2D eigenvalue weighted by Gasteiger charge is 2.59. The van der Waals surface area contributed by atoms with Gasteiger partial charge < -0.3 is 37.0 Å². The highest BCUT2D eigenvalue weighted by molar-refractivity contribution is 8.68. The molecule has 16 nitrogen and oxygen atoms in total. The largest absolute Gasteiger partial charge is 0.497 e. The smallest absolute Gasteiger partial charge is 0.287 e. The van der Waals surface area contributed by atoms with Crippen LogP contribution in [0.15, 0.2) is 139 Å². The lowest BCUT2D eigenvalue weighted by Gasteiger charge is -2.41. The number of nitrogens with zero attached hydrogens (tertiary/aromatic N) is 6. The number of aryl methyl sites for hydroxylation is 2. The predicted molar refractivity (Wildman–Crippen MR) is 306 cm³/mol. The lowest BCUT2D eigenvalue weighted by atomic mass is 9.77. The average molecular weight is 1120 g/mol. The van der Waals surface area contributed by atoms with Gasteiger partial charge in [-0.1, -0.05) is 111 Å². The Balaban J connectivity index is 1.11. The molecule has 1 aliphatic carbocycles. The number of hydrogen-bond donors (Lipinski definition) is 0. The zero-order valence-electron chi connectivity index (χ0n) is 45.0. The molecule has 3 aromatic heterocycles. The first-order chi connectivity index (χ1) is 36.7. The molecule has 3 fully saturated rings. The van der Waals surface area contributed by atoms with Crippen LogP contribution in [0.25, 0.3) is 16.9 Å². The maximum absolute atomic E-state index is 14.5. The third-order valence-corrected chi connectivity index (χ3v) is 26.4. The van der Waals surface area contributed by atoms with E-state index in [1.807, 2.05) is 71.3 Å². The van der Waals surface area contributed by atoms with E-state index in [-0.39, 0.29) is 44.9 Å². The summed E-state index contributed by atoms with van der Waals surface area (Å²) in [6.45, 7) is 20.1. The Kier molecular flexibility index (Phi) is 15.2. The molecule has 1 saturated carbocycles. The molecule has 0 N–H and O–H groups in total. The van der Waals surface area contributed by atoms with E-state index in [9.17, 15) is 14.9 Å². The molecule has 77 heavy (non-hydrogen) atoms. The van der Waals surface area contributed by atoms with E-state index in [1.165, 1.54) is 16.5 Å². The van der Waals surface area contributed by atoms with Gasteiger partial charge in [0, 0.05) is 35.8 Å². The van der Waals surface area contributed by atoms with Gasteiger partial charge in [0.1, 0.15) is 35.4 Å². The second kappa shape index (κ2) is 21.3. The summed E-state index contributed by atoms with van der Waals surface area (Å²) in [5.41, 5.74) is 0.299. The summed E-state index contributed by atoms with van der Waals surface area (Å²) in [4.78, 5) is 35.4. The molecule has 0 radical (unpaired) electrons. The molecule has 1 unspecified atom stereocenters. The second-order valence-corrected chi connectivity index (χ2v) is 33.4. The van der Waals surface area contributed by atoms with Crippen molar-refractivity contribution < 1.29 is 37.3 Å². The molecule has 0 bridgehead atoms. The molecule has 3 aliphatic rings. The van der Waals surface area contributed by atoms with Gasteiger partial charge in [0.25, 0.3) is 11.2 Å². The lowest BCUT2D eigenvalue weighted by molar-refractivity contribution is -0.384. The second-order valence-electron chi connectivity index (χ2n) is 22.1. The quantitative estimate of drug-likeness (QED) is 0.0199. The van der Waals surface area contributed by atoms with E-state index in [1.54, 1.807) is 61.0 Å². The van der Waals surface area contributed by atoms with E-state index in [2.05, 4.69) is 66.4 Å². The fourth-order valence-electron chi connectivity index (χ4n) is 10.6.